The molecule has 23 heavy (non-hydrogen) atoms. The highest BCUT2D eigenvalue weighted by Gasteiger charge is 2.09. The van der Waals surface area contributed by atoms with Crippen LogP contribution in [0.15, 0.2) is 36.7 Å². The van der Waals surface area contributed by atoms with Gasteiger partial charge in [0.2, 0.25) is 0 Å². The number of carbonyl (C=O) groups excluding carboxylic acids is 1. The molecule has 1 aromatic carbocycles. The molecule has 0 spiro atoms. The number of amides is 1. The molecule has 1 N–H and O–H groups in total. The van der Waals surface area contributed by atoms with Crippen LogP contribution >= 0.6 is 12.4 Å². The van der Waals surface area contributed by atoms with Gasteiger partial charge in [0.15, 0.2) is 11.5 Å². The Morgan fingerprint density at radius 1 is 1.13 bits per heavy atom. The number of ether oxygens (including phenoxy) is 2. The zero-order valence-electron chi connectivity index (χ0n) is 13.5. The summed E-state index contributed by atoms with van der Waals surface area (Å²) in [7, 11) is 3.23. The molecule has 0 bridgehead atoms. The number of hydrogen-bond acceptors (Lipinski definition) is 4. The molecular weight excluding hydrogens is 316 g/mol. The third-order valence-corrected chi connectivity index (χ3v) is 3.46. The topological polar surface area (TPSA) is 60.5 Å². The maximum atomic E-state index is 12.0. The van der Waals surface area contributed by atoms with E-state index in [2.05, 4.69) is 10.3 Å². The van der Waals surface area contributed by atoms with Crippen LogP contribution in [0.25, 0.3) is 0 Å². The van der Waals surface area contributed by atoms with E-state index in [1.807, 2.05) is 19.1 Å². The first-order valence-electron chi connectivity index (χ1n) is 7.05. The minimum absolute atomic E-state index is 0. The Kier molecular flexibility index (Phi) is 7.35. The zero-order chi connectivity index (χ0) is 15.9. The van der Waals surface area contributed by atoms with Crippen molar-refractivity contribution in [3.63, 3.8) is 0 Å². The molecule has 0 unspecified atom stereocenters. The highest BCUT2D eigenvalue weighted by molar-refractivity contribution is 5.93. The van der Waals surface area contributed by atoms with Crippen LogP contribution in [0.2, 0.25) is 0 Å². The van der Waals surface area contributed by atoms with Gasteiger partial charge in [0.1, 0.15) is 0 Å². The van der Waals surface area contributed by atoms with Gasteiger partial charge in [0.25, 0.3) is 5.91 Å². The van der Waals surface area contributed by atoms with E-state index in [0.29, 0.717) is 23.6 Å². The molecule has 0 saturated carbocycles. The van der Waals surface area contributed by atoms with Crippen molar-refractivity contribution in [2.45, 2.75) is 13.3 Å². The summed E-state index contributed by atoms with van der Waals surface area (Å²) < 4.78 is 10.6. The number of halogens is 1. The van der Waals surface area contributed by atoms with Crippen molar-refractivity contribution in [1.82, 2.24) is 10.3 Å². The van der Waals surface area contributed by atoms with Crippen molar-refractivity contribution in [3.05, 3.63) is 53.3 Å². The summed E-state index contributed by atoms with van der Waals surface area (Å²) in [6, 6.07) is 7.28. The predicted molar refractivity (Wildman–Crippen MR) is 91.8 cm³/mol. The number of nitrogens with one attached hydrogen (secondary N) is 1. The Hall–Kier alpha value is -2.27. The van der Waals surface area contributed by atoms with Gasteiger partial charge >= 0.3 is 0 Å². The largest absolute Gasteiger partial charge is 0.493 e. The lowest BCUT2D eigenvalue weighted by atomic mass is 10.0. The fraction of sp³-hybridized carbons (Fsp3) is 0.294. The van der Waals surface area contributed by atoms with E-state index < -0.39 is 0 Å². The number of benzene rings is 1. The normalized spacial score (nSPS) is 9.70. The lowest BCUT2D eigenvalue weighted by Crippen LogP contribution is -2.25. The first-order valence-corrected chi connectivity index (χ1v) is 7.05. The highest BCUT2D eigenvalue weighted by atomic mass is 35.5. The Balaban J connectivity index is 0.00000264. The number of rotatable bonds is 6. The molecule has 0 aliphatic heterocycles. The van der Waals surface area contributed by atoms with Crippen LogP contribution in [-0.2, 0) is 6.42 Å². The second kappa shape index (κ2) is 9.00. The quantitative estimate of drug-likeness (QED) is 0.881. The molecule has 0 fully saturated rings. The van der Waals surface area contributed by atoms with Gasteiger partial charge in [-0.3, -0.25) is 9.78 Å². The SMILES string of the molecule is COc1cc(C)c(CCNC(=O)c2ccncc2)cc1OC.Cl. The second-order valence-corrected chi connectivity index (χ2v) is 4.88. The number of nitrogens with zero attached hydrogens (tertiary/aromatic N) is 1. The maximum Gasteiger partial charge on any atom is 0.251 e. The van der Waals surface area contributed by atoms with Crippen LogP contribution in [0.5, 0.6) is 11.5 Å². The number of carbonyl (C=O) groups is 1. The summed E-state index contributed by atoms with van der Waals surface area (Å²) in [6.07, 6.45) is 3.93. The van der Waals surface area contributed by atoms with Crippen LogP contribution < -0.4 is 14.8 Å². The van der Waals surface area contributed by atoms with Gasteiger partial charge in [-0.05, 0) is 48.7 Å². The molecule has 124 valence electrons. The molecular formula is C17H21ClN2O3. The fourth-order valence-electron chi connectivity index (χ4n) is 2.21. The summed E-state index contributed by atoms with van der Waals surface area (Å²) in [6.45, 7) is 2.57. The molecule has 1 aromatic heterocycles. The fourth-order valence-corrected chi connectivity index (χ4v) is 2.21. The predicted octanol–water partition coefficient (Wildman–Crippen LogP) is 2.80. The van der Waals surface area contributed by atoms with Gasteiger partial charge in [-0.1, -0.05) is 0 Å². The lowest BCUT2D eigenvalue weighted by molar-refractivity contribution is 0.0954. The first kappa shape index (κ1) is 18.8. The summed E-state index contributed by atoms with van der Waals surface area (Å²) in [5.41, 5.74) is 2.84. The van der Waals surface area contributed by atoms with Crippen LogP contribution in [0.4, 0.5) is 0 Å². The van der Waals surface area contributed by atoms with E-state index in [4.69, 9.17) is 9.47 Å². The molecule has 2 aromatic rings. The van der Waals surface area contributed by atoms with Crippen LogP contribution in [0, 0.1) is 6.92 Å². The van der Waals surface area contributed by atoms with E-state index in [0.717, 1.165) is 17.5 Å². The molecule has 0 aliphatic carbocycles. The molecule has 1 heterocycles. The molecule has 0 atom stereocenters. The molecule has 0 saturated heterocycles. The van der Waals surface area contributed by atoms with Crippen molar-refractivity contribution in [3.8, 4) is 11.5 Å². The third kappa shape index (κ3) is 4.86. The summed E-state index contributed by atoms with van der Waals surface area (Å²) in [4.78, 5) is 15.9. The Labute approximate surface area is 142 Å². The minimum atomic E-state index is -0.0967. The summed E-state index contributed by atoms with van der Waals surface area (Å²) in [5, 5.41) is 2.90. The number of pyridine rings is 1. The molecule has 2 rings (SSSR count). The number of aromatic nitrogens is 1. The summed E-state index contributed by atoms with van der Waals surface area (Å²) >= 11 is 0. The van der Waals surface area contributed by atoms with Gasteiger partial charge in [0.05, 0.1) is 14.2 Å². The van der Waals surface area contributed by atoms with E-state index in [1.165, 1.54) is 0 Å². The highest BCUT2D eigenvalue weighted by Crippen LogP contribution is 2.30. The van der Waals surface area contributed by atoms with E-state index in [9.17, 15) is 4.79 Å². The number of aryl methyl sites for hydroxylation is 1. The van der Waals surface area contributed by atoms with Crippen LogP contribution in [0.3, 0.4) is 0 Å². The maximum absolute atomic E-state index is 12.0. The van der Waals surface area contributed by atoms with Gasteiger partial charge in [-0.25, -0.2) is 0 Å². The third-order valence-electron chi connectivity index (χ3n) is 3.46. The van der Waals surface area contributed by atoms with Crippen molar-refractivity contribution in [2.75, 3.05) is 20.8 Å². The first-order chi connectivity index (χ1) is 10.7. The Bertz CT molecular complexity index is 648. The van der Waals surface area contributed by atoms with Gasteiger partial charge in [-0.2, -0.15) is 0 Å². The molecule has 0 aliphatic rings. The monoisotopic (exact) mass is 336 g/mol. The minimum Gasteiger partial charge on any atom is -0.493 e. The van der Waals surface area contributed by atoms with Gasteiger partial charge in [-0.15, -0.1) is 12.4 Å². The van der Waals surface area contributed by atoms with Gasteiger partial charge in [0, 0.05) is 24.5 Å². The molecule has 5 nitrogen and oxygen atoms in total. The lowest BCUT2D eigenvalue weighted by Gasteiger charge is -2.13. The van der Waals surface area contributed by atoms with Crippen molar-refractivity contribution >= 4 is 18.3 Å². The van der Waals surface area contributed by atoms with Crippen molar-refractivity contribution < 1.29 is 14.3 Å². The molecule has 0 radical (unpaired) electrons. The standard InChI is InChI=1S/C17H20N2O3.ClH/c1-12-10-15(21-2)16(22-3)11-14(12)6-9-19-17(20)13-4-7-18-8-5-13;/h4-5,7-8,10-11H,6,9H2,1-3H3,(H,19,20);1H. The van der Waals surface area contributed by atoms with Crippen molar-refractivity contribution in [2.24, 2.45) is 0 Å². The van der Waals surface area contributed by atoms with Crippen LogP contribution in [-0.4, -0.2) is 31.7 Å². The summed E-state index contributed by atoms with van der Waals surface area (Å²) in [5.74, 6) is 1.31. The number of hydrogen-bond donors (Lipinski definition) is 1. The van der Waals surface area contributed by atoms with Crippen molar-refractivity contribution in [1.29, 1.82) is 0 Å². The average molecular weight is 337 g/mol. The van der Waals surface area contributed by atoms with E-state index in [-0.39, 0.29) is 18.3 Å². The second-order valence-electron chi connectivity index (χ2n) is 4.88. The Morgan fingerprint density at radius 3 is 2.35 bits per heavy atom. The Morgan fingerprint density at radius 2 is 1.74 bits per heavy atom. The van der Waals surface area contributed by atoms with Gasteiger partial charge < -0.3 is 14.8 Å². The zero-order valence-corrected chi connectivity index (χ0v) is 14.3. The average Bonchev–Trinajstić information content (AvgIpc) is 2.56. The van der Waals surface area contributed by atoms with E-state index >= 15 is 0 Å². The molecule has 1 amide bonds. The van der Waals surface area contributed by atoms with E-state index in [1.54, 1.807) is 38.7 Å². The smallest absolute Gasteiger partial charge is 0.251 e. The molecule has 6 heteroatoms. The number of methoxy groups -OCH3 is 2. The van der Waals surface area contributed by atoms with Crippen LogP contribution in [0.1, 0.15) is 21.5 Å².